The molecule has 1 amide bonds. The first kappa shape index (κ1) is 20.2. The van der Waals surface area contributed by atoms with Crippen molar-refractivity contribution in [2.24, 2.45) is 0 Å². The fourth-order valence-corrected chi connectivity index (χ4v) is 4.73. The molecule has 1 saturated heterocycles. The SMILES string of the molecule is COc1ccc(-c2nnc(SCC(=O)NC3CCCC3)n2CC2CCCO2)cc1. The van der Waals surface area contributed by atoms with Crippen LogP contribution in [-0.4, -0.2) is 52.3 Å². The molecule has 0 bridgehead atoms. The Kier molecular flexibility index (Phi) is 6.71. The van der Waals surface area contributed by atoms with E-state index in [1.54, 1.807) is 7.11 Å². The smallest absolute Gasteiger partial charge is 0.230 e. The zero-order valence-corrected chi connectivity index (χ0v) is 17.6. The number of nitrogens with one attached hydrogen (secondary N) is 1. The highest BCUT2D eigenvalue weighted by Crippen LogP contribution is 2.28. The highest BCUT2D eigenvalue weighted by molar-refractivity contribution is 7.99. The van der Waals surface area contributed by atoms with Crippen molar-refractivity contribution in [2.45, 2.75) is 62.4 Å². The van der Waals surface area contributed by atoms with E-state index in [-0.39, 0.29) is 12.0 Å². The number of carbonyl (C=O) groups excluding carboxylic acids is 1. The molecule has 2 aromatic rings. The van der Waals surface area contributed by atoms with Crippen molar-refractivity contribution in [3.8, 4) is 17.1 Å². The van der Waals surface area contributed by atoms with Crippen LogP contribution in [0.1, 0.15) is 38.5 Å². The topological polar surface area (TPSA) is 78.3 Å². The normalized spacial score (nSPS) is 19.6. The molecule has 1 aliphatic carbocycles. The van der Waals surface area contributed by atoms with Gasteiger partial charge in [0.25, 0.3) is 0 Å². The average Bonchev–Trinajstić information content (AvgIpc) is 3.50. The number of hydrogen-bond acceptors (Lipinski definition) is 6. The zero-order chi connectivity index (χ0) is 20.1. The van der Waals surface area contributed by atoms with E-state index in [4.69, 9.17) is 9.47 Å². The van der Waals surface area contributed by atoms with Crippen molar-refractivity contribution < 1.29 is 14.3 Å². The summed E-state index contributed by atoms with van der Waals surface area (Å²) in [5.41, 5.74) is 0.971. The van der Waals surface area contributed by atoms with E-state index < -0.39 is 0 Å². The summed E-state index contributed by atoms with van der Waals surface area (Å²) in [5.74, 6) is 2.02. The van der Waals surface area contributed by atoms with E-state index in [0.717, 1.165) is 54.6 Å². The lowest BCUT2D eigenvalue weighted by molar-refractivity contribution is -0.119. The summed E-state index contributed by atoms with van der Waals surface area (Å²) in [7, 11) is 1.65. The lowest BCUT2D eigenvalue weighted by atomic mass is 10.2. The van der Waals surface area contributed by atoms with Crippen molar-refractivity contribution in [3.05, 3.63) is 24.3 Å². The number of aromatic nitrogens is 3. The number of hydrogen-bond donors (Lipinski definition) is 1. The van der Waals surface area contributed by atoms with Crippen LogP contribution >= 0.6 is 11.8 Å². The number of ether oxygens (including phenoxy) is 2. The Morgan fingerprint density at radius 2 is 2.00 bits per heavy atom. The van der Waals surface area contributed by atoms with Crippen LogP contribution in [0.15, 0.2) is 29.4 Å². The maximum atomic E-state index is 12.3. The fourth-order valence-electron chi connectivity index (χ4n) is 3.98. The molecule has 1 atom stereocenters. The maximum Gasteiger partial charge on any atom is 0.230 e. The van der Waals surface area contributed by atoms with Gasteiger partial charge < -0.3 is 14.8 Å². The summed E-state index contributed by atoms with van der Waals surface area (Å²) in [6, 6.07) is 8.14. The first-order valence-electron chi connectivity index (χ1n) is 10.3. The lowest BCUT2D eigenvalue weighted by Crippen LogP contribution is -2.33. The molecule has 8 heteroatoms. The van der Waals surface area contributed by atoms with Crippen LogP contribution in [0.3, 0.4) is 0 Å². The molecule has 1 N–H and O–H groups in total. The summed E-state index contributed by atoms with van der Waals surface area (Å²) in [4.78, 5) is 12.3. The van der Waals surface area contributed by atoms with Crippen molar-refractivity contribution in [2.75, 3.05) is 19.5 Å². The van der Waals surface area contributed by atoms with Crippen LogP contribution < -0.4 is 10.1 Å². The summed E-state index contributed by atoms with van der Waals surface area (Å²) in [6.45, 7) is 1.50. The molecule has 29 heavy (non-hydrogen) atoms. The number of thioether (sulfide) groups is 1. The standard InChI is InChI=1S/C21H28N4O3S/c1-27-17-10-8-15(9-11-17)20-23-24-21(25(20)13-18-7-4-12-28-18)29-14-19(26)22-16-5-2-3-6-16/h8-11,16,18H,2-7,12-14H2,1H3,(H,22,26). The highest BCUT2D eigenvalue weighted by Gasteiger charge is 2.23. The predicted octanol–water partition coefficient (Wildman–Crippen LogP) is 3.28. The number of rotatable bonds is 8. The largest absolute Gasteiger partial charge is 0.497 e. The van der Waals surface area contributed by atoms with Gasteiger partial charge >= 0.3 is 0 Å². The first-order valence-corrected chi connectivity index (χ1v) is 11.3. The highest BCUT2D eigenvalue weighted by atomic mass is 32.2. The Morgan fingerprint density at radius 3 is 2.69 bits per heavy atom. The minimum atomic E-state index is 0.0690. The minimum absolute atomic E-state index is 0.0690. The molecule has 0 radical (unpaired) electrons. The van der Waals surface area contributed by atoms with Crippen molar-refractivity contribution in [3.63, 3.8) is 0 Å². The van der Waals surface area contributed by atoms with Gasteiger partial charge in [-0.1, -0.05) is 24.6 Å². The second-order valence-electron chi connectivity index (χ2n) is 7.62. The van der Waals surface area contributed by atoms with Crippen LogP contribution in [0.25, 0.3) is 11.4 Å². The number of amides is 1. The number of carbonyl (C=O) groups is 1. The molecular weight excluding hydrogens is 388 g/mol. The van der Waals surface area contributed by atoms with Gasteiger partial charge in [0.2, 0.25) is 5.91 Å². The molecule has 2 heterocycles. The number of methoxy groups -OCH3 is 1. The van der Waals surface area contributed by atoms with Gasteiger partial charge in [-0.15, -0.1) is 10.2 Å². The zero-order valence-electron chi connectivity index (χ0n) is 16.8. The van der Waals surface area contributed by atoms with Gasteiger partial charge in [0.15, 0.2) is 11.0 Å². The maximum absolute atomic E-state index is 12.3. The summed E-state index contributed by atoms with van der Waals surface area (Å²) in [6.07, 6.45) is 6.87. The summed E-state index contributed by atoms with van der Waals surface area (Å²) < 4.78 is 13.2. The molecule has 7 nitrogen and oxygen atoms in total. The van der Waals surface area contributed by atoms with Gasteiger partial charge in [-0.05, 0) is 49.9 Å². The van der Waals surface area contributed by atoms with Crippen LogP contribution in [0.5, 0.6) is 5.75 Å². The Balaban J connectivity index is 1.49. The quantitative estimate of drug-likeness (QED) is 0.666. The fraction of sp³-hybridized carbons (Fsp3) is 0.571. The number of benzene rings is 1. The summed E-state index contributed by atoms with van der Waals surface area (Å²) >= 11 is 1.44. The van der Waals surface area contributed by atoms with Gasteiger partial charge in [0.1, 0.15) is 5.75 Å². The van der Waals surface area contributed by atoms with Gasteiger partial charge in [-0.3, -0.25) is 9.36 Å². The van der Waals surface area contributed by atoms with E-state index >= 15 is 0 Å². The van der Waals surface area contributed by atoms with Gasteiger partial charge in [0.05, 0.1) is 25.5 Å². The van der Waals surface area contributed by atoms with Crippen molar-refractivity contribution in [1.29, 1.82) is 0 Å². The molecule has 156 valence electrons. The van der Waals surface area contributed by atoms with E-state index in [0.29, 0.717) is 18.3 Å². The molecule has 1 saturated carbocycles. The van der Waals surface area contributed by atoms with Gasteiger partial charge in [-0.25, -0.2) is 0 Å². The molecular formula is C21H28N4O3S. The Bertz CT molecular complexity index is 812. The van der Waals surface area contributed by atoms with E-state index in [9.17, 15) is 4.79 Å². The third kappa shape index (κ3) is 5.11. The number of nitrogens with zero attached hydrogens (tertiary/aromatic N) is 3. The molecule has 4 rings (SSSR count). The molecule has 2 fully saturated rings. The molecule has 1 aromatic carbocycles. The molecule has 1 unspecified atom stereocenters. The second kappa shape index (κ2) is 9.63. The van der Waals surface area contributed by atoms with E-state index in [2.05, 4.69) is 20.1 Å². The third-order valence-corrected chi connectivity index (χ3v) is 6.49. The Hall–Kier alpha value is -2.06. The van der Waals surface area contributed by atoms with Crippen LogP contribution in [0.2, 0.25) is 0 Å². The van der Waals surface area contributed by atoms with Crippen LogP contribution in [0, 0.1) is 0 Å². The van der Waals surface area contributed by atoms with E-state index in [1.807, 2.05) is 24.3 Å². The summed E-state index contributed by atoms with van der Waals surface area (Å²) in [5, 5.41) is 12.7. The molecule has 0 spiro atoms. The average molecular weight is 417 g/mol. The minimum Gasteiger partial charge on any atom is -0.497 e. The van der Waals surface area contributed by atoms with Crippen LogP contribution in [-0.2, 0) is 16.1 Å². The van der Waals surface area contributed by atoms with E-state index in [1.165, 1.54) is 24.6 Å². The third-order valence-electron chi connectivity index (χ3n) is 5.53. The van der Waals surface area contributed by atoms with Crippen LogP contribution in [0.4, 0.5) is 0 Å². The lowest BCUT2D eigenvalue weighted by Gasteiger charge is -2.15. The molecule has 1 aromatic heterocycles. The predicted molar refractivity (Wildman–Crippen MR) is 112 cm³/mol. The Labute approximate surface area is 175 Å². The van der Waals surface area contributed by atoms with Gasteiger partial charge in [0, 0.05) is 18.2 Å². The Morgan fingerprint density at radius 1 is 1.21 bits per heavy atom. The van der Waals surface area contributed by atoms with Crippen molar-refractivity contribution in [1.82, 2.24) is 20.1 Å². The second-order valence-corrected chi connectivity index (χ2v) is 8.56. The molecule has 1 aliphatic heterocycles. The van der Waals surface area contributed by atoms with Gasteiger partial charge in [-0.2, -0.15) is 0 Å². The first-order chi connectivity index (χ1) is 14.2. The monoisotopic (exact) mass is 416 g/mol. The molecule has 2 aliphatic rings. The van der Waals surface area contributed by atoms with Crippen molar-refractivity contribution >= 4 is 17.7 Å².